The van der Waals surface area contributed by atoms with Crippen molar-refractivity contribution >= 4 is 23.1 Å². The first-order chi connectivity index (χ1) is 10.6. The van der Waals surface area contributed by atoms with Crippen LogP contribution in [0.25, 0.3) is 5.65 Å². The fraction of sp³-hybridized carbons (Fsp3) is 0.214. The maximum Gasteiger partial charge on any atom is 0.299 e. The van der Waals surface area contributed by atoms with Crippen LogP contribution in [-0.4, -0.2) is 26.4 Å². The van der Waals surface area contributed by atoms with E-state index in [1.54, 1.807) is 12.1 Å². The molecule has 0 radical (unpaired) electrons. The number of aromatic nitrogens is 4. The average molecular weight is 324 g/mol. The van der Waals surface area contributed by atoms with Gasteiger partial charge in [0.05, 0.1) is 0 Å². The van der Waals surface area contributed by atoms with Gasteiger partial charge in [-0.1, -0.05) is 23.7 Å². The second kappa shape index (κ2) is 6.23. The minimum Gasteiger partial charge on any atom is -0.368 e. The SMILES string of the molecule is FC(F)c1nnc2ccc(NCCc3ccc(Cl)cc3)nn12. The lowest BCUT2D eigenvalue weighted by atomic mass is 10.1. The molecule has 3 rings (SSSR count). The third kappa shape index (κ3) is 3.14. The Kier molecular flexibility index (Phi) is 4.15. The summed E-state index contributed by atoms with van der Waals surface area (Å²) in [6.07, 6.45) is -1.95. The second-order valence-electron chi connectivity index (χ2n) is 4.65. The largest absolute Gasteiger partial charge is 0.368 e. The number of fused-ring (bicyclic) bond motifs is 1. The minimum atomic E-state index is -2.72. The van der Waals surface area contributed by atoms with Crippen LogP contribution in [0.1, 0.15) is 17.8 Å². The molecular weight excluding hydrogens is 312 g/mol. The van der Waals surface area contributed by atoms with Gasteiger partial charge < -0.3 is 5.32 Å². The summed E-state index contributed by atoms with van der Waals surface area (Å²) in [5.74, 6) is 0.0273. The number of nitrogens with one attached hydrogen (secondary N) is 1. The molecule has 0 atom stereocenters. The van der Waals surface area contributed by atoms with Crippen molar-refractivity contribution in [1.29, 1.82) is 0 Å². The molecule has 0 saturated carbocycles. The molecule has 0 saturated heterocycles. The van der Waals surface area contributed by atoms with E-state index in [0.29, 0.717) is 23.0 Å². The Morgan fingerprint density at radius 1 is 1.09 bits per heavy atom. The quantitative estimate of drug-likeness (QED) is 0.782. The highest BCUT2D eigenvalue weighted by atomic mass is 35.5. The fourth-order valence-corrected chi connectivity index (χ4v) is 2.15. The smallest absolute Gasteiger partial charge is 0.299 e. The Bertz CT molecular complexity index is 773. The third-order valence-corrected chi connectivity index (χ3v) is 3.37. The predicted octanol–water partition coefficient (Wildman–Crippen LogP) is 3.37. The first kappa shape index (κ1) is 14.6. The van der Waals surface area contributed by atoms with Gasteiger partial charge in [0.25, 0.3) is 6.43 Å². The lowest BCUT2D eigenvalue weighted by Crippen LogP contribution is -2.09. The molecule has 1 aromatic carbocycles. The topological polar surface area (TPSA) is 55.1 Å². The minimum absolute atomic E-state index is 0.290. The number of halogens is 3. The standard InChI is InChI=1S/C14H12ClF2N5/c15-10-3-1-9(2-4-10)7-8-18-11-5-6-12-19-20-14(13(16)17)22(12)21-11/h1-6,13H,7-8H2,(H,18,21). The highest BCUT2D eigenvalue weighted by Gasteiger charge is 2.16. The van der Waals surface area contributed by atoms with Crippen LogP contribution >= 0.6 is 11.6 Å². The molecule has 22 heavy (non-hydrogen) atoms. The average Bonchev–Trinajstić information content (AvgIpc) is 2.92. The van der Waals surface area contributed by atoms with E-state index in [1.165, 1.54) is 0 Å². The molecule has 8 heteroatoms. The van der Waals surface area contributed by atoms with Gasteiger partial charge in [-0.05, 0) is 36.2 Å². The summed E-state index contributed by atoms with van der Waals surface area (Å²) in [6.45, 7) is 0.617. The van der Waals surface area contributed by atoms with E-state index in [4.69, 9.17) is 11.6 Å². The second-order valence-corrected chi connectivity index (χ2v) is 5.09. The van der Waals surface area contributed by atoms with Gasteiger partial charge in [-0.2, -0.15) is 4.52 Å². The van der Waals surface area contributed by atoms with Gasteiger partial charge in [-0.15, -0.1) is 15.3 Å². The Hall–Kier alpha value is -2.28. The highest BCUT2D eigenvalue weighted by Crippen LogP contribution is 2.17. The summed E-state index contributed by atoms with van der Waals surface area (Å²) < 4.78 is 26.6. The van der Waals surface area contributed by atoms with Crippen LogP contribution in [-0.2, 0) is 6.42 Å². The Balaban J connectivity index is 1.68. The van der Waals surface area contributed by atoms with Crippen LogP contribution in [0.2, 0.25) is 5.02 Å². The van der Waals surface area contributed by atoms with E-state index in [1.807, 2.05) is 24.3 Å². The van der Waals surface area contributed by atoms with E-state index in [0.717, 1.165) is 16.5 Å². The van der Waals surface area contributed by atoms with Crippen molar-refractivity contribution in [1.82, 2.24) is 19.8 Å². The van der Waals surface area contributed by atoms with Gasteiger partial charge in [-0.25, -0.2) is 8.78 Å². The number of anilines is 1. The van der Waals surface area contributed by atoms with E-state index < -0.39 is 12.2 Å². The van der Waals surface area contributed by atoms with Gasteiger partial charge in [0.2, 0.25) is 5.82 Å². The first-order valence-electron chi connectivity index (χ1n) is 6.62. The first-order valence-corrected chi connectivity index (χ1v) is 7.00. The van der Waals surface area contributed by atoms with E-state index in [2.05, 4.69) is 20.6 Å². The normalized spacial score (nSPS) is 11.3. The molecule has 2 aromatic heterocycles. The molecule has 0 bridgehead atoms. The summed E-state index contributed by atoms with van der Waals surface area (Å²) in [7, 11) is 0. The molecule has 0 aliphatic rings. The monoisotopic (exact) mass is 323 g/mol. The number of alkyl halides is 2. The molecule has 0 aliphatic carbocycles. The van der Waals surface area contributed by atoms with Crippen LogP contribution in [0, 0.1) is 0 Å². The Morgan fingerprint density at radius 3 is 2.59 bits per heavy atom. The Labute approximate surface area is 129 Å². The van der Waals surface area contributed by atoms with E-state index in [9.17, 15) is 8.78 Å². The van der Waals surface area contributed by atoms with Gasteiger partial charge in [0, 0.05) is 11.6 Å². The van der Waals surface area contributed by atoms with Crippen LogP contribution in [0.4, 0.5) is 14.6 Å². The number of hydrogen-bond acceptors (Lipinski definition) is 4. The fourth-order valence-electron chi connectivity index (χ4n) is 2.02. The third-order valence-electron chi connectivity index (χ3n) is 3.12. The Morgan fingerprint density at radius 2 is 1.86 bits per heavy atom. The number of rotatable bonds is 5. The van der Waals surface area contributed by atoms with Gasteiger partial charge >= 0.3 is 0 Å². The summed E-state index contributed by atoms with van der Waals surface area (Å²) in [4.78, 5) is 0. The molecule has 0 spiro atoms. The van der Waals surface area contributed by atoms with Crippen molar-refractivity contribution in [2.24, 2.45) is 0 Å². The lowest BCUT2D eigenvalue weighted by molar-refractivity contribution is 0.137. The zero-order chi connectivity index (χ0) is 15.5. The van der Waals surface area contributed by atoms with Crippen LogP contribution in [0.15, 0.2) is 36.4 Å². The molecule has 114 valence electrons. The van der Waals surface area contributed by atoms with Gasteiger partial charge in [-0.3, -0.25) is 0 Å². The molecule has 5 nitrogen and oxygen atoms in total. The molecule has 0 unspecified atom stereocenters. The summed E-state index contributed by atoms with van der Waals surface area (Å²) in [5.41, 5.74) is 1.41. The molecule has 0 aliphatic heterocycles. The lowest BCUT2D eigenvalue weighted by Gasteiger charge is -2.06. The van der Waals surface area contributed by atoms with Crippen molar-refractivity contribution < 1.29 is 8.78 Å². The maximum atomic E-state index is 12.8. The van der Waals surface area contributed by atoms with Crippen LogP contribution in [0.5, 0.6) is 0 Å². The van der Waals surface area contributed by atoms with Crippen molar-refractivity contribution in [3.05, 3.63) is 52.8 Å². The number of benzene rings is 1. The van der Waals surface area contributed by atoms with Crippen LogP contribution < -0.4 is 5.32 Å². The van der Waals surface area contributed by atoms with Crippen molar-refractivity contribution in [2.45, 2.75) is 12.8 Å². The highest BCUT2D eigenvalue weighted by molar-refractivity contribution is 6.30. The molecule has 0 amide bonds. The summed E-state index contributed by atoms with van der Waals surface area (Å²) in [6, 6.07) is 10.8. The molecule has 0 fully saturated rings. The van der Waals surface area contributed by atoms with Gasteiger partial charge in [0.15, 0.2) is 5.65 Å². The molecular formula is C14H12ClF2N5. The van der Waals surface area contributed by atoms with Gasteiger partial charge in [0.1, 0.15) is 5.82 Å². The zero-order valence-corrected chi connectivity index (χ0v) is 12.1. The molecule has 3 aromatic rings. The predicted molar refractivity (Wildman–Crippen MR) is 79.4 cm³/mol. The van der Waals surface area contributed by atoms with Crippen molar-refractivity contribution in [2.75, 3.05) is 11.9 Å². The van der Waals surface area contributed by atoms with Crippen LogP contribution in [0.3, 0.4) is 0 Å². The van der Waals surface area contributed by atoms with E-state index >= 15 is 0 Å². The van der Waals surface area contributed by atoms with Crippen molar-refractivity contribution in [3.63, 3.8) is 0 Å². The summed E-state index contributed by atoms with van der Waals surface area (Å²) >= 11 is 5.83. The van der Waals surface area contributed by atoms with Crippen molar-refractivity contribution in [3.8, 4) is 0 Å². The maximum absolute atomic E-state index is 12.8. The van der Waals surface area contributed by atoms with E-state index in [-0.39, 0.29) is 0 Å². The molecule has 1 N–H and O–H groups in total. The number of nitrogens with zero attached hydrogens (tertiary/aromatic N) is 4. The zero-order valence-electron chi connectivity index (χ0n) is 11.4. The summed E-state index contributed by atoms with van der Waals surface area (Å²) in [5, 5.41) is 14.9. The number of hydrogen-bond donors (Lipinski definition) is 1. The molecule has 2 heterocycles.